The maximum absolute atomic E-state index is 12.8. The topological polar surface area (TPSA) is 128 Å². The Morgan fingerprint density at radius 2 is 1.60 bits per heavy atom. The van der Waals surface area contributed by atoms with E-state index in [2.05, 4.69) is 10.6 Å². The lowest BCUT2D eigenvalue weighted by molar-refractivity contribution is -0.152. The summed E-state index contributed by atoms with van der Waals surface area (Å²) >= 11 is 0. The van der Waals surface area contributed by atoms with Gasteiger partial charge < -0.3 is 21.1 Å². The zero-order valence-electron chi connectivity index (χ0n) is 16.8. The Kier molecular flexibility index (Phi) is 5.49. The lowest BCUT2D eigenvalue weighted by atomic mass is 9.49. The Labute approximate surface area is 174 Å². The number of benzene rings is 1. The number of para-hydroxylation sites is 1. The number of ether oxygens (including phenoxy) is 1. The summed E-state index contributed by atoms with van der Waals surface area (Å²) < 4.78 is 4.96. The first-order valence-electron chi connectivity index (χ1n) is 10.5. The molecule has 0 unspecified atom stereocenters. The molecule has 30 heavy (non-hydrogen) atoms. The monoisotopic (exact) mass is 413 g/mol. The molecule has 8 heteroatoms. The molecule has 160 valence electrons. The van der Waals surface area contributed by atoms with Gasteiger partial charge in [-0.3, -0.25) is 19.2 Å². The molecule has 0 aromatic heterocycles. The van der Waals surface area contributed by atoms with Gasteiger partial charge in [0.1, 0.15) is 6.54 Å². The average Bonchev–Trinajstić information content (AvgIpc) is 2.69. The van der Waals surface area contributed by atoms with Crippen molar-refractivity contribution in [3.05, 3.63) is 29.8 Å². The van der Waals surface area contributed by atoms with Crippen LogP contribution in [0.15, 0.2) is 24.3 Å². The number of nitrogens with two attached hydrogens (primary N) is 1. The molecule has 0 heterocycles. The van der Waals surface area contributed by atoms with Crippen LogP contribution < -0.4 is 16.4 Å². The molecule has 4 fully saturated rings. The fourth-order valence-corrected chi connectivity index (χ4v) is 5.92. The summed E-state index contributed by atoms with van der Waals surface area (Å²) in [4.78, 5) is 48.3. The second kappa shape index (κ2) is 8.08. The van der Waals surface area contributed by atoms with Gasteiger partial charge in [0.15, 0.2) is 6.61 Å². The van der Waals surface area contributed by atoms with Gasteiger partial charge in [-0.2, -0.15) is 0 Å². The predicted octanol–water partition coefficient (Wildman–Crippen LogP) is 1.60. The van der Waals surface area contributed by atoms with Crippen molar-refractivity contribution in [2.45, 2.75) is 38.5 Å². The van der Waals surface area contributed by atoms with Crippen LogP contribution in [0.1, 0.15) is 48.9 Å². The van der Waals surface area contributed by atoms with Crippen LogP contribution >= 0.6 is 0 Å². The SMILES string of the molecule is NC(=O)c1ccccc1NC(=O)COC(=O)CNC(=O)C12CC3CC(CC(C3)C1)C2. The first-order valence-corrected chi connectivity index (χ1v) is 10.5. The molecule has 8 nitrogen and oxygen atoms in total. The van der Waals surface area contributed by atoms with Crippen LogP contribution in [0.2, 0.25) is 0 Å². The molecule has 4 N–H and O–H groups in total. The van der Waals surface area contributed by atoms with E-state index in [1.54, 1.807) is 12.1 Å². The first-order chi connectivity index (χ1) is 14.3. The molecule has 0 radical (unpaired) electrons. The van der Waals surface area contributed by atoms with E-state index >= 15 is 0 Å². The van der Waals surface area contributed by atoms with Crippen LogP contribution in [0.4, 0.5) is 5.69 Å². The summed E-state index contributed by atoms with van der Waals surface area (Å²) in [5.74, 6) is -0.0765. The van der Waals surface area contributed by atoms with E-state index in [-0.39, 0.29) is 29.1 Å². The highest BCUT2D eigenvalue weighted by Gasteiger charge is 2.54. The molecule has 4 bridgehead atoms. The fraction of sp³-hybridized carbons (Fsp3) is 0.545. The molecular formula is C22H27N3O5. The summed E-state index contributed by atoms with van der Waals surface area (Å²) in [6, 6.07) is 6.30. The van der Waals surface area contributed by atoms with Crippen molar-refractivity contribution in [1.29, 1.82) is 0 Å². The zero-order chi connectivity index (χ0) is 21.3. The summed E-state index contributed by atoms with van der Waals surface area (Å²) in [7, 11) is 0. The summed E-state index contributed by atoms with van der Waals surface area (Å²) in [5, 5.41) is 5.23. The maximum Gasteiger partial charge on any atom is 0.325 e. The molecule has 4 aliphatic carbocycles. The summed E-state index contributed by atoms with van der Waals surface area (Å²) in [6.07, 6.45) is 6.47. The first kappa shape index (κ1) is 20.4. The van der Waals surface area contributed by atoms with Crippen molar-refractivity contribution >= 4 is 29.4 Å². The lowest BCUT2D eigenvalue weighted by Crippen LogP contribution is -2.54. The second-order valence-electron chi connectivity index (χ2n) is 9.00. The number of nitrogens with one attached hydrogen (secondary N) is 2. The van der Waals surface area contributed by atoms with Gasteiger partial charge in [-0.1, -0.05) is 12.1 Å². The van der Waals surface area contributed by atoms with Crippen LogP contribution in [0.25, 0.3) is 0 Å². The standard InChI is InChI=1S/C22H27N3O5/c23-20(28)16-3-1-2-4-17(16)25-18(26)12-30-19(27)11-24-21(29)22-8-13-5-14(9-22)7-15(6-13)10-22/h1-4,13-15H,5-12H2,(H2,23,28)(H,24,29)(H,25,26). The number of hydrogen-bond acceptors (Lipinski definition) is 5. The third-order valence-corrected chi connectivity index (χ3v) is 6.74. The van der Waals surface area contributed by atoms with Gasteiger partial charge in [0, 0.05) is 5.41 Å². The molecule has 0 saturated heterocycles. The third-order valence-electron chi connectivity index (χ3n) is 6.74. The van der Waals surface area contributed by atoms with E-state index in [0.29, 0.717) is 17.8 Å². The van der Waals surface area contributed by atoms with E-state index in [9.17, 15) is 19.2 Å². The van der Waals surface area contributed by atoms with Crippen LogP contribution in [0.3, 0.4) is 0 Å². The smallest absolute Gasteiger partial charge is 0.325 e. The van der Waals surface area contributed by atoms with E-state index in [1.165, 1.54) is 31.4 Å². The van der Waals surface area contributed by atoms with E-state index in [0.717, 1.165) is 19.3 Å². The Bertz CT molecular complexity index is 846. The number of rotatable bonds is 7. The molecule has 1 aromatic carbocycles. The van der Waals surface area contributed by atoms with Gasteiger partial charge in [-0.05, 0) is 68.4 Å². The highest BCUT2D eigenvalue weighted by molar-refractivity contribution is 6.03. The van der Waals surface area contributed by atoms with Crippen molar-refractivity contribution in [3.63, 3.8) is 0 Å². The van der Waals surface area contributed by atoms with Crippen LogP contribution in [0, 0.1) is 23.2 Å². The Balaban J connectivity index is 1.23. The molecule has 0 spiro atoms. The molecule has 1 aromatic rings. The minimum absolute atomic E-state index is 0.0570. The van der Waals surface area contributed by atoms with E-state index < -0.39 is 24.4 Å². The zero-order valence-corrected chi connectivity index (χ0v) is 16.8. The largest absolute Gasteiger partial charge is 0.454 e. The van der Waals surface area contributed by atoms with Crippen molar-refractivity contribution in [2.75, 3.05) is 18.5 Å². The highest BCUT2D eigenvalue weighted by Crippen LogP contribution is 2.60. The van der Waals surface area contributed by atoms with Crippen molar-refractivity contribution in [1.82, 2.24) is 5.32 Å². The Morgan fingerprint density at radius 1 is 1.00 bits per heavy atom. The quantitative estimate of drug-likeness (QED) is 0.585. The normalized spacial score (nSPS) is 28.6. The van der Waals surface area contributed by atoms with Gasteiger partial charge >= 0.3 is 5.97 Å². The van der Waals surface area contributed by atoms with Crippen LogP contribution in [0.5, 0.6) is 0 Å². The summed E-state index contributed by atoms with van der Waals surface area (Å²) in [5.41, 5.74) is 5.36. The Morgan fingerprint density at radius 3 is 2.20 bits per heavy atom. The molecule has 5 rings (SSSR count). The van der Waals surface area contributed by atoms with Crippen LogP contribution in [-0.2, 0) is 19.1 Å². The third kappa shape index (κ3) is 4.17. The number of esters is 1. The summed E-state index contributed by atoms with van der Waals surface area (Å²) in [6.45, 7) is -0.773. The number of hydrogen-bond donors (Lipinski definition) is 3. The van der Waals surface area contributed by atoms with Crippen LogP contribution in [-0.4, -0.2) is 36.8 Å². The molecule has 3 amide bonds. The number of primary amides is 1. The predicted molar refractivity (Wildman–Crippen MR) is 108 cm³/mol. The minimum Gasteiger partial charge on any atom is -0.454 e. The average molecular weight is 413 g/mol. The maximum atomic E-state index is 12.8. The number of carbonyl (C=O) groups excluding carboxylic acids is 4. The minimum atomic E-state index is -0.675. The van der Waals surface area contributed by atoms with Crippen molar-refractivity contribution in [2.24, 2.45) is 28.9 Å². The molecule has 0 atom stereocenters. The molecule has 4 saturated carbocycles. The highest BCUT2D eigenvalue weighted by atomic mass is 16.5. The van der Waals surface area contributed by atoms with Gasteiger partial charge in [0.05, 0.1) is 11.3 Å². The number of amides is 3. The molecular weight excluding hydrogens is 386 g/mol. The van der Waals surface area contributed by atoms with Crippen molar-refractivity contribution in [3.8, 4) is 0 Å². The lowest BCUT2D eigenvalue weighted by Gasteiger charge is -2.55. The number of carbonyl (C=O) groups is 4. The van der Waals surface area contributed by atoms with E-state index in [4.69, 9.17) is 10.5 Å². The van der Waals surface area contributed by atoms with Gasteiger partial charge in [0.25, 0.3) is 11.8 Å². The van der Waals surface area contributed by atoms with Crippen molar-refractivity contribution < 1.29 is 23.9 Å². The van der Waals surface area contributed by atoms with Gasteiger partial charge in [-0.15, -0.1) is 0 Å². The fourth-order valence-electron chi connectivity index (χ4n) is 5.92. The van der Waals surface area contributed by atoms with Gasteiger partial charge in [0.2, 0.25) is 5.91 Å². The number of anilines is 1. The Hall–Kier alpha value is -2.90. The molecule has 4 aliphatic rings. The second-order valence-corrected chi connectivity index (χ2v) is 9.00. The van der Waals surface area contributed by atoms with E-state index in [1.807, 2.05) is 0 Å². The van der Waals surface area contributed by atoms with Gasteiger partial charge in [-0.25, -0.2) is 0 Å². The molecule has 0 aliphatic heterocycles.